The number of carboxylic acids is 1. The van der Waals surface area contributed by atoms with Gasteiger partial charge < -0.3 is 5.11 Å². The van der Waals surface area contributed by atoms with E-state index in [2.05, 4.69) is 4.72 Å². The van der Waals surface area contributed by atoms with Crippen molar-refractivity contribution in [3.63, 3.8) is 0 Å². The summed E-state index contributed by atoms with van der Waals surface area (Å²) in [6, 6.07) is 1.59. The van der Waals surface area contributed by atoms with Gasteiger partial charge >= 0.3 is 5.97 Å². The van der Waals surface area contributed by atoms with Crippen molar-refractivity contribution in [2.45, 2.75) is 32.1 Å². The molecule has 0 radical (unpaired) electrons. The minimum Gasteiger partial charge on any atom is -0.481 e. The van der Waals surface area contributed by atoms with Gasteiger partial charge in [0.1, 0.15) is 0 Å². The second kappa shape index (κ2) is 7.08. The third-order valence-electron chi connectivity index (χ3n) is 3.57. The summed E-state index contributed by atoms with van der Waals surface area (Å²) in [5.41, 5.74) is 1.67. The Morgan fingerprint density at radius 3 is 2.17 bits per heavy atom. The van der Waals surface area contributed by atoms with E-state index in [9.17, 15) is 21.6 Å². The number of nitrogens with one attached hydrogen (secondary N) is 1. The summed E-state index contributed by atoms with van der Waals surface area (Å²) >= 11 is 0. The predicted molar refractivity (Wildman–Crippen MR) is 91.3 cm³/mol. The van der Waals surface area contributed by atoms with Crippen LogP contribution in [0.3, 0.4) is 0 Å². The van der Waals surface area contributed by atoms with Crippen molar-refractivity contribution in [3.05, 3.63) is 22.8 Å². The maximum Gasteiger partial charge on any atom is 0.304 e. The largest absolute Gasteiger partial charge is 0.481 e. The van der Waals surface area contributed by atoms with Gasteiger partial charge in [0, 0.05) is 13.6 Å². The van der Waals surface area contributed by atoms with Crippen molar-refractivity contribution in [3.8, 4) is 0 Å². The first kappa shape index (κ1) is 20.4. The maximum atomic E-state index is 12.5. The van der Waals surface area contributed by atoms with Crippen LogP contribution in [0.1, 0.15) is 23.1 Å². The van der Waals surface area contributed by atoms with Crippen LogP contribution < -0.4 is 9.03 Å². The molecule has 1 rings (SSSR count). The molecule has 0 bridgehead atoms. The SMILES string of the molecule is Cc1cc(C)c(S(=O)(=O)NCCC(=O)O)c(C)c1N(C)S(C)(=O)=O. The molecule has 1 aromatic carbocycles. The average Bonchev–Trinajstić information content (AvgIpc) is 2.35. The van der Waals surface area contributed by atoms with Gasteiger partial charge in [0.05, 0.1) is 23.3 Å². The van der Waals surface area contributed by atoms with E-state index in [0.717, 1.165) is 10.6 Å². The van der Waals surface area contributed by atoms with Gasteiger partial charge in [-0.1, -0.05) is 6.07 Å². The first-order valence-electron chi connectivity index (χ1n) is 7.05. The number of carbonyl (C=O) groups is 1. The Kier molecular flexibility index (Phi) is 6.01. The molecule has 1 aromatic rings. The summed E-state index contributed by atoms with van der Waals surface area (Å²) in [6.45, 7) is 4.59. The molecule has 0 saturated heterocycles. The number of rotatable bonds is 7. The van der Waals surface area contributed by atoms with Gasteiger partial charge in [-0.05, 0) is 37.5 Å². The predicted octanol–water partition coefficient (Wildman–Crippen LogP) is 0.761. The van der Waals surface area contributed by atoms with E-state index in [0.29, 0.717) is 22.4 Å². The fraction of sp³-hybridized carbons (Fsp3) is 0.500. The van der Waals surface area contributed by atoms with E-state index in [-0.39, 0.29) is 17.9 Å². The van der Waals surface area contributed by atoms with Crippen LogP contribution in [0, 0.1) is 20.8 Å². The summed E-state index contributed by atoms with van der Waals surface area (Å²) in [7, 11) is -6.18. The van der Waals surface area contributed by atoms with Crippen LogP contribution in [0.4, 0.5) is 5.69 Å². The van der Waals surface area contributed by atoms with Crippen molar-refractivity contribution < 1.29 is 26.7 Å². The number of benzene rings is 1. The van der Waals surface area contributed by atoms with Gasteiger partial charge in [0.25, 0.3) is 0 Å². The van der Waals surface area contributed by atoms with Crippen molar-refractivity contribution in [2.24, 2.45) is 0 Å². The topological polar surface area (TPSA) is 121 Å². The molecule has 24 heavy (non-hydrogen) atoms. The Hall–Kier alpha value is -1.65. The molecule has 2 N–H and O–H groups in total. The Morgan fingerprint density at radius 1 is 1.17 bits per heavy atom. The molecule has 136 valence electrons. The highest BCUT2D eigenvalue weighted by atomic mass is 32.2. The molecule has 0 atom stereocenters. The molecule has 0 aliphatic rings. The summed E-state index contributed by atoms with van der Waals surface area (Å²) in [4.78, 5) is 10.5. The molecule has 0 spiro atoms. The van der Waals surface area contributed by atoms with Crippen LogP contribution in [-0.2, 0) is 24.8 Å². The summed E-state index contributed by atoms with van der Waals surface area (Å²) in [5, 5.41) is 8.62. The number of hydrogen-bond donors (Lipinski definition) is 2. The zero-order valence-corrected chi connectivity index (χ0v) is 15.9. The second-order valence-corrected chi connectivity index (χ2v) is 9.30. The minimum atomic E-state index is -3.97. The zero-order chi connectivity index (χ0) is 18.9. The average molecular weight is 378 g/mol. The summed E-state index contributed by atoms with van der Waals surface area (Å²) in [5.74, 6) is -1.12. The van der Waals surface area contributed by atoms with Crippen LogP contribution in [0.15, 0.2) is 11.0 Å². The molecule has 10 heteroatoms. The van der Waals surface area contributed by atoms with Crippen molar-refractivity contribution in [1.29, 1.82) is 0 Å². The van der Waals surface area contributed by atoms with Crippen LogP contribution in [-0.4, -0.2) is 47.8 Å². The lowest BCUT2D eigenvalue weighted by atomic mass is 10.1. The van der Waals surface area contributed by atoms with Crippen LogP contribution in [0.2, 0.25) is 0 Å². The Labute approximate surface area is 142 Å². The molecule has 8 nitrogen and oxygen atoms in total. The molecule has 0 saturated carbocycles. The quantitative estimate of drug-likeness (QED) is 0.722. The van der Waals surface area contributed by atoms with E-state index in [4.69, 9.17) is 5.11 Å². The lowest BCUT2D eigenvalue weighted by molar-refractivity contribution is -0.136. The third kappa shape index (κ3) is 4.46. The number of sulfonamides is 2. The van der Waals surface area contributed by atoms with Gasteiger partial charge in [0.15, 0.2) is 0 Å². The van der Waals surface area contributed by atoms with Crippen molar-refractivity contribution in [2.75, 3.05) is 24.2 Å². The highest BCUT2D eigenvalue weighted by molar-refractivity contribution is 7.92. The van der Waals surface area contributed by atoms with Gasteiger partial charge in [0.2, 0.25) is 20.0 Å². The fourth-order valence-electron chi connectivity index (χ4n) is 2.59. The number of anilines is 1. The normalized spacial score (nSPS) is 12.2. The second-order valence-electron chi connectivity index (χ2n) is 5.59. The monoisotopic (exact) mass is 378 g/mol. The molecule has 0 fully saturated rings. The molecular weight excluding hydrogens is 356 g/mol. The number of aliphatic carboxylic acids is 1. The lowest BCUT2D eigenvalue weighted by Crippen LogP contribution is -2.30. The molecule has 0 aliphatic heterocycles. The molecule has 0 unspecified atom stereocenters. The number of nitrogens with zero attached hydrogens (tertiary/aromatic N) is 1. The molecule has 0 aromatic heterocycles. The highest BCUT2D eigenvalue weighted by Gasteiger charge is 2.26. The van der Waals surface area contributed by atoms with Crippen molar-refractivity contribution >= 4 is 31.7 Å². The molecular formula is C14H22N2O6S2. The summed E-state index contributed by atoms with van der Waals surface area (Å²) < 4.78 is 52.0. The first-order valence-corrected chi connectivity index (χ1v) is 10.4. The highest BCUT2D eigenvalue weighted by Crippen LogP contribution is 2.33. The summed E-state index contributed by atoms with van der Waals surface area (Å²) in [6.07, 6.45) is 0.685. The number of carboxylic acid groups (broad SMARTS) is 1. The first-order chi connectivity index (χ1) is 10.8. The standard InChI is InChI=1S/C14H22N2O6S2/c1-9-8-10(2)14(24(21,22)15-7-6-12(17)18)11(3)13(9)16(4)23(5,19)20/h8,15H,6-7H2,1-5H3,(H,17,18). The van der Waals surface area contributed by atoms with Gasteiger partial charge in [-0.15, -0.1) is 0 Å². The van der Waals surface area contributed by atoms with E-state index >= 15 is 0 Å². The van der Waals surface area contributed by atoms with E-state index in [1.165, 1.54) is 14.0 Å². The Bertz CT molecular complexity index is 860. The number of aryl methyl sites for hydroxylation is 2. The van der Waals surface area contributed by atoms with Gasteiger partial charge in [-0.25, -0.2) is 21.6 Å². The van der Waals surface area contributed by atoms with Crippen LogP contribution >= 0.6 is 0 Å². The fourth-order valence-corrected chi connectivity index (χ4v) is 4.70. The van der Waals surface area contributed by atoms with E-state index < -0.39 is 26.0 Å². The molecule has 0 amide bonds. The smallest absolute Gasteiger partial charge is 0.304 e. The third-order valence-corrected chi connectivity index (χ3v) is 6.50. The van der Waals surface area contributed by atoms with Gasteiger partial charge in [-0.2, -0.15) is 0 Å². The van der Waals surface area contributed by atoms with E-state index in [1.807, 2.05) is 0 Å². The lowest BCUT2D eigenvalue weighted by Gasteiger charge is -2.24. The minimum absolute atomic E-state index is 0.0380. The van der Waals surface area contributed by atoms with E-state index in [1.54, 1.807) is 19.9 Å². The molecule has 0 aliphatic carbocycles. The molecule has 0 heterocycles. The maximum absolute atomic E-state index is 12.5. The van der Waals surface area contributed by atoms with Crippen molar-refractivity contribution in [1.82, 2.24) is 4.72 Å². The zero-order valence-electron chi connectivity index (χ0n) is 14.2. The number of hydrogen-bond acceptors (Lipinski definition) is 5. The Balaban J connectivity index is 3.48. The van der Waals surface area contributed by atoms with Crippen LogP contribution in [0.5, 0.6) is 0 Å². The Morgan fingerprint density at radius 2 is 1.71 bits per heavy atom. The van der Waals surface area contributed by atoms with Crippen LogP contribution in [0.25, 0.3) is 0 Å². The van der Waals surface area contributed by atoms with Gasteiger partial charge in [-0.3, -0.25) is 9.10 Å².